The van der Waals surface area contributed by atoms with Crippen LogP contribution in [0.1, 0.15) is 73.1 Å². The fraction of sp³-hybridized carbons (Fsp3) is 0.591. The molecule has 0 radical (unpaired) electrons. The Morgan fingerprint density at radius 2 is 1.28 bits per heavy atom. The van der Waals surface area contributed by atoms with Crippen LogP contribution in [0.25, 0.3) is 0 Å². The van der Waals surface area contributed by atoms with Crippen LogP contribution in [0.3, 0.4) is 0 Å². The first kappa shape index (κ1) is 23.8. The van der Waals surface area contributed by atoms with Gasteiger partial charge in [0.2, 0.25) is 5.91 Å². The standard InChI is InChI=1S/C22H37NOS/c1-18(2)9-6-10-19(3)11-7-12-20(4)13-8-14-21(5)17-22(24)23-15-16-25/h9,11,13,17,25H,6-8,10,12,14-16H2,1-5H3,(H,23,24). The fourth-order valence-electron chi connectivity index (χ4n) is 2.41. The predicted molar refractivity (Wildman–Crippen MR) is 115 cm³/mol. The second-order valence-electron chi connectivity index (χ2n) is 7.00. The summed E-state index contributed by atoms with van der Waals surface area (Å²) < 4.78 is 0. The van der Waals surface area contributed by atoms with Crippen molar-refractivity contribution in [2.45, 2.75) is 73.1 Å². The molecule has 0 rings (SSSR count). The van der Waals surface area contributed by atoms with Crippen molar-refractivity contribution < 1.29 is 4.79 Å². The van der Waals surface area contributed by atoms with E-state index in [9.17, 15) is 4.79 Å². The van der Waals surface area contributed by atoms with Gasteiger partial charge in [0.1, 0.15) is 0 Å². The van der Waals surface area contributed by atoms with Gasteiger partial charge in [0.15, 0.2) is 0 Å². The molecular weight excluding hydrogens is 326 g/mol. The second-order valence-corrected chi connectivity index (χ2v) is 7.45. The van der Waals surface area contributed by atoms with Crippen LogP contribution in [-0.2, 0) is 4.79 Å². The maximum atomic E-state index is 11.6. The molecule has 0 saturated heterocycles. The number of hydrogen-bond acceptors (Lipinski definition) is 2. The number of carbonyl (C=O) groups excluding carboxylic acids is 1. The Morgan fingerprint density at radius 1 is 0.800 bits per heavy atom. The van der Waals surface area contributed by atoms with E-state index in [1.165, 1.54) is 16.7 Å². The van der Waals surface area contributed by atoms with Crippen LogP contribution in [0.15, 0.2) is 46.6 Å². The Balaban J connectivity index is 4.07. The molecule has 25 heavy (non-hydrogen) atoms. The highest BCUT2D eigenvalue weighted by Gasteiger charge is 1.97. The number of carbonyl (C=O) groups is 1. The van der Waals surface area contributed by atoms with Crippen molar-refractivity contribution in [1.82, 2.24) is 5.32 Å². The lowest BCUT2D eigenvalue weighted by Gasteiger charge is -2.03. The van der Waals surface area contributed by atoms with E-state index in [0.29, 0.717) is 12.3 Å². The lowest BCUT2D eigenvalue weighted by Crippen LogP contribution is -2.23. The first-order chi connectivity index (χ1) is 11.8. The zero-order valence-electron chi connectivity index (χ0n) is 16.8. The van der Waals surface area contributed by atoms with Crippen molar-refractivity contribution >= 4 is 18.5 Å². The van der Waals surface area contributed by atoms with Gasteiger partial charge in [-0.05, 0) is 73.1 Å². The summed E-state index contributed by atoms with van der Waals surface area (Å²) in [6.45, 7) is 11.4. The van der Waals surface area contributed by atoms with Gasteiger partial charge >= 0.3 is 0 Å². The van der Waals surface area contributed by atoms with E-state index in [4.69, 9.17) is 0 Å². The summed E-state index contributed by atoms with van der Waals surface area (Å²) in [5, 5.41) is 2.80. The highest BCUT2D eigenvalue weighted by atomic mass is 32.1. The molecule has 0 unspecified atom stereocenters. The summed E-state index contributed by atoms with van der Waals surface area (Å²) in [6, 6.07) is 0. The second kappa shape index (κ2) is 15.1. The minimum atomic E-state index is -0.0130. The smallest absolute Gasteiger partial charge is 0.243 e. The van der Waals surface area contributed by atoms with Crippen LogP contribution in [-0.4, -0.2) is 18.2 Å². The maximum absolute atomic E-state index is 11.6. The molecule has 0 spiro atoms. The molecule has 0 aliphatic heterocycles. The van der Waals surface area contributed by atoms with Crippen molar-refractivity contribution in [3.63, 3.8) is 0 Å². The minimum Gasteiger partial charge on any atom is -0.352 e. The number of hydrogen-bond donors (Lipinski definition) is 2. The van der Waals surface area contributed by atoms with Crippen molar-refractivity contribution in [2.75, 3.05) is 12.3 Å². The maximum Gasteiger partial charge on any atom is 0.243 e. The molecule has 0 saturated carbocycles. The summed E-state index contributed by atoms with van der Waals surface area (Å²) in [6.07, 6.45) is 15.1. The molecule has 0 aliphatic carbocycles. The van der Waals surface area contributed by atoms with Gasteiger partial charge < -0.3 is 5.32 Å². The van der Waals surface area contributed by atoms with Crippen molar-refractivity contribution in [2.24, 2.45) is 0 Å². The van der Waals surface area contributed by atoms with Gasteiger partial charge in [0.05, 0.1) is 0 Å². The van der Waals surface area contributed by atoms with Gasteiger partial charge in [0.25, 0.3) is 0 Å². The molecule has 0 fully saturated rings. The largest absolute Gasteiger partial charge is 0.352 e. The third-order valence-corrected chi connectivity index (χ3v) is 4.17. The number of rotatable bonds is 12. The van der Waals surface area contributed by atoms with Crippen LogP contribution in [0.5, 0.6) is 0 Å². The normalized spacial score (nSPS) is 13.0. The molecule has 142 valence electrons. The van der Waals surface area contributed by atoms with Crippen LogP contribution < -0.4 is 5.32 Å². The monoisotopic (exact) mass is 363 g/mol. The van der Waals surface area contributed by atoms with Crippen molar-refractivity contribution in [3.8, 4) is 0 Å². The Morgan fingerprint density at radius 3 is 1.76 bits per heavy atom. The zero-order chi connectivity index (χ0) is 19.1. The molecule has 0 heterocycles. The van der Waals surface area contributed by atoms with Gasteiger partial charge in [-0.25, -0.2) is 0 Å². The van der Waals surface area contributed by atoms with Crippen molar-refractivity contribution in [3.05, 3.63) is 46.6 Å². The minimum absolute atomic E-state index is 0.0130. The van der Waals surface area contributed by atoms with Gasteiger partial charge in [-0.15, -0.1) is 0 Å². The molecule has 1 N–H and O–H groups in total. The van der Waals surface area contributed by atoms with Gasteiger partial charge in [-0.1, -0.05) is 40.5 Å². The Bertz CT molecular complexity index is 508. The number of nitrogens with one attached hydrogen (secondary N) is 1. The van der Waals surface area contributed by atoms with Crippen LogP contribution in [0.4, 0.5) is 0 Å². The lowest BCUT2D eigenvalue weighted by molar-refractivity contribution is -0.116. The van der Waals surface area contributed by atoms with Gasteiger partial charge in [0, 0.05) is 18.4 Å². The average molecular weight is 364 g/mol. The van der Waals surface area contributed by atoms with Crippen molar-refractivity contribution in [1.29, 1.82) is 0 Å². The van der Waals surface area contributed by atoms with E-state index in [0.717, 1.165) is 44.1 Å². The van der Waals surface area contributed by atoms with E-state index in [-0.39, 0.29) is 5.91 Å². The van der Waals surface area contributed by atoms with E-state index in [1.807, 2.05) is 6.92 Å². The predicted octanol–water partition coefficient (Wildman–Crippen LogP) is 6.18. The molecule has 0 aliphatic rings. The third-order valence-electron chi connectivity index (χ3n) is 3.94. The van der Waals surface area contributed by atoms with Crippen LogP contribution in [0, 0.1) is 0 Å². The Kier molecular flexibility index (Phi) is 14.3. The Labute approximate surface area is 161 Å². The molecular formula is C22H37NOS. The molecule has 0 aromatic heterocycles. The zero-order valence-corrected chi connectivity index (χ0v) is 17.7. The van der Waals surface area contributed by atoms with E-state index < -0.39 is 0 Å². The summed E-state index contributed by atoms with van der Waals surface area (Å²) in [5.41, 5.74) is 5.43. The quantitative estimate of drug-likeness (QED) is 0.242. The SMILES string of the molecule is CC(C)=CCCC(C)=CCCC(C)=CCCC(C)=CC(=O)NCCS. The third kappa shape index (κ3) is 16.0. The molecule has 2 nitrogen and oxygen atoms in total. The number of allylic oxidation sites excluding steroid dienone is 7. The average Bonchev–Trinajstić information content (AvgIpc) is 2.52. The van der Waals surface area contributed by atoms with Gasteiger partial charge in [-0.3, -0.25) is 4.79 Å². The molecule has 0 atom stereocenters. The van der Waals surface area contributed by atoms with E-state index >= 15 is 0 Å². The fourth-order valence-corrected chi connectivity index (χ4v) is 2.52. The number of thiol groups is 1. The first-order valence-electron chi connectivity index (χ1n) is 9.35. The summed E-state index contributed by atoms with van der Waals surface area (Å²) in [5.74, 6) is 0.657. The van der Waals surface area contributed by atoms with E-state index in [2.05, 4.69) is 63.9 Å². The highest BCUT2D eigenvalue weighted by molar-refractivity contribution is 7.80. The molecule has 0 aromatic carbocycles. The number of amides is 1. The molecule has 0 aromatic rings. The Hall–Kier alpha value is -1.22. The van der Waals surface area contributed by atoms with Crippen LogP contribution >= 0.6 is 12.6 Å². The topological polar surface area (TPSA) is 29.1 Å². The summed E-state index contributed by atoms with van der Waals surface area (Å²) >= 11 is 4.08. The molecule has 3 heteroatoms. The lowest BCUT2D eigenvalue weighted by atomic mass is 10.0. The van der Waals surface area contributed by atoms with Crippen LogP contribution in [0.2, 0.25) is 0 Å². The summed E-state index contributed by atoms with van der Waals surface area (Å²) in [4.78, 5) is 11.6. The first-order valence-corrected chi connectivity index (χ1v) is 9.99. The summed E-state index contributed by atoms with van der Waals surface area (Å²) in [7, 11) is 0. The van der Waals surface area contributed by atoms with E-state index in [1.54, 1.807) is 6.08 Å². The molecule has 0 bridgehead atoms. The highest BCUT2D eigenvalue weighted by Crippen LogP contribution is 2.13. The molecule has 1 amide bonds. The van der Waals surface area contributed by atoms with Gasteiger partial charge in [-0.2, -0.15) is 12.6 Å².